The van der Waals surface area contributed by atoms with Gasteiger partial charge in [-0.25, -0.2) is 9.97 Å². The van der Waals surface area contributed by atoms with Gasteiger partial charge in [0.2, 0.25) is 17.7 Å². The third kappa shape index (κ3) is 7.54. The number of likely N-dealkylation sites (tertiary alicyclic amines) is 1. The van der Waals surface area contributed by atoms with Gasteiger partial charge in [0.25, 0.3) is 5.56 Å². The molecule has 13 heteroatoms. The van der Waals surface area contributed by atoms with Crippen LogP contribution in [0.5, 0.6) is 5.88 Å². The average molecular weight is 741 g/mol. The summed E-state index contributed by atoms with van der Waals surface area (Å²) in [5, 5.41) is 10.6. The lowest BCUT2D eigenvalue weighted by molar-refractivity contribution is -0.127. The molecule has 1 atom stereocenters. The molecule has 7 rings (SSSR count). The molecule has 1 unspecified atom stereocenters. The highest BCUT2D eigenvalue weighted by atomic mass is 35.5. The number of amides is 2. The molecule has 3 aromatic heterocycles. The van der Waals surface area contributed by atoms with Crippen molar-refractivity contribution >= 4 is 40.7 Å². The molecule has 2 saturated heterocycles. The van der Waals surface area contributed by atoms with Crippen molar-refractivity contribution in [1.82, 2.24) is 35.2 Å². The third-order valence-corrected chi connectivity index (χ3v) is 10.4. The number of hydrogen-bond donors (Lipinski definition) is 3. The summed E-state index contributed by atoms with van der Waals surface area (Å²) in [6, 6.07) is 19.3. The molecule has 0 spiro atoms. The number of benzene rings is 2. The van der Waals surface area contributed by atoms with Crippen molar-refractivity contribution in [3.8, 4) is 39.4 Å². The zero-order chi connectivity index (χ0) is 36.2. The molecule has 0 bridgehead atoms. The van der Waals surface area contributed by atoms with Gasteiger partial charge in [0.05, 0.1) is 22.8 Å². The number of rotatable bonds is 13. The van der Waals surface area contributed by atoms with Crippen molar-refractivity contribution < 1.29 is 14.3 Å². The number of pyridine rings is 2. The summed E-state index contributed by atoms with van der Waals surface area (Å²) in [6.45, 7) is 3.59. The van der Waals surface area contributed by atoms with Crippen LogP contribution in [0.25, 0.3) is 39.2 Å². The Bertz CT molecular complexity index is 2210. The number of carbonyl (C=O) groups is 2. The lowest BCUT2D eigenvalue weighted by Crippen LogP contribution is -2.35. The van der Waals surface area contributed by atoms with E-state index in [-0.39, 0.29) is 23.4 Å². The van der Waals surface area contributed by atoms with Gasteiger partial charge in [0.15, 0.2) is 0 Å². The molecule has 2 aromatic carbocycles. The van der Waals surface area contributed by atoms with Crippen LogP contribution < -0.4 is 26.2 Å². The maximum atomic E-state index is 13.3. The smallest absolute Gasteiger partial charge is 0.262 e. The summed E-state index contributed by atoms with van der Waals surface area (Å²) >= 11 is 14.2. The molecule has 11 nitrogen and oxygen atoms in total. The van der Waals surface area contributed by atoms with Crippen molar-refractivity contribution in [2.24, 2.45) is 0 Å². The zero-order valence-electron chi connectivity index (χ0n) is 28.8. The number of halogens is 2. The summed E-state index contributed by atoms with van der Waals surface area (Å²) in [4.78, 5) is 47.9. The van der Waals surface area contributed by atoms with Gasteiger partial charge in [-0.05, 0) is 36.6 Å². The van der Waals surface area contributed by atoms with Gasteiger partial charge in [0, 0.05) is 104 Å². The fourth-order valence-electron chi connectivity index (χ4n) is 6.82. The zero-order valence-corrected chi connectivity index (χ0v) is 30.3. The Morgan fingerprint density at radius 1 is 0.904 bits per heavy atom. The molecular weight excluding hydrogens is 701 g/mol. The van der Waals surface area contributed by atoms with Crippen molar-refractivity contribution in [3.05, 3.63) is 105 Å². The van der Waals surface area contributed by atoms with Gasteiger partial charge >= 0.3 is 0 Å². The number of hydrogen-bond acceptors (Lipinski definition) is 8. The molecule has 52 heavy (non-hydrogen) atoms. The van der Waals surface area contributed by atoms with E-state index < -0.39 is 0 Å². The fraction of sp³-hybridized carbons (Fsp3) is 0.308. The summed E-state index contributed by atoms with van der Waals surface area (Å²) < 4.78 is 7.17. The van der Waals surface area contributed by atoms with E-state index in [2.05, 4.69) is 20.9 Å². The second-order valence-electron chi connectivity index (χ2n) is 13.0. The number of carbonyl (C=O) groups excluding carboxylic acids is 2. The monoisotopic (exact) mass is 739 g/mol. The molecule has 5 aromatic rings. The summed E-state index contributed by atoms with van der Waals surface area (Å²) in [5.74, 6) is 0.769. The lowest BCUT2D eigenvalue weighted by Gasteiger charge is -2.16. The van der Waals surface area contributed by atoms with Crippen molar-refractivity contribution in [2.45, 2.75) is 44.8 Å². The first kappa shape index (κ1) is 35.6. The maximum absolute atomic E-state index is 13.3. The predicted molar refractivity (Wildman–Crippen MR) is 203 cm³/mol. The third-order valence-electron chi connectivity index (χ3n) is 9.62. The minimum Gasteiger partial charge on any atom is -0.481 e. The number of aromatic nitrogens is 3. The number of fused-ring (bicyclic) bond motifs is 1. The molecule has 5 heterocycles. The Kier molecular flexibility index (Phi) is 10.8. The highest BCUT2D eigenvalue weighted by molar-refractivity contribution is 6.39. The van der Waals surface area contributed by atoms with E-state index >= 15 is 0 Å². The summed E-state index contributed by atoms with van der Waals surface area (Å²) in [7, 11) is 1.59. The normalized spacial score (nSPS) is 15.8. The molecule has 0 saturated carbocycles. The second-order valence-corrected chi connectivity index (χ2v) is 13.8. The van der Waals surface area contributed by atoms with Crippen LogP contribution in [0.1, 0.15) is 36.8 Å². The highest BCUT2D eigenvalue weighted by Gasteiger charge is 2.22. The van der Waals surface area contributed by atoms with Gasteiger partial charge in [-0.2, -0.15) is 0 Å². The molecule has 2 aliphatic rings. The van der Waals surface area contributed by atoms with E-state index in [0.717, 1.165) is 52.8 Å². The number of nitrogens with zero attached hydrogens (tertiary/aromatic N) is 4. The summed E-state index contributed by atoms with van der Waals surface area (Å²) in [6.07, 6.45) is 6.22. The minimum absolute atomic E-state index is 0.0925. The van der Waals surface area contributed by atoms with Crippen LogP contribution in [0.3, 0.4) is 0 Å². The minimum atomic E-state index is -0.154. The Balaban J connectivity index is 1.09. The van der Waals surface area contributed by atoms with E-state index in [4.69, 9.17) is 32.9 Å². The van der Waals surface area contributed by atoms with Crippen LogP contribution in [0.4, 0.5) is 0 Å². The molecule has 0 radical (unpaired) electrons. The van der Waals surface area contributed by atoms with E-state index in [0.29, 0.717) is 78.4 Å². The highest BCUT2D eigenvalue weighted by Crippen LogP contribution is 2.42. The SMILES string of the molecule is COc1nc(-c2cccc(-c3cccc(-c4ccn5c(=O)c(CNCCN6CCCC6=O)cnc5c4)c3Cl)c2Cl)ccc1CNCC1CCC(=O)N1. The topological polar surface area (TPSA) is 130 Å². The van der Waals surface area contributed by atoms with Crippen molar-refractivity contribution in [3.63, 3.8) is 0 Å². The number of nitrogens with one attached hydrogen (secondary N) is 3. The number of methoxy groups -OCH3 is 1. The fourth-order valence-corrected chi connectivity index (χ4v) is 7.48. The first-order chi connectivity index (χ1) is 25.3. The van der Waals surface area contributed by atoms with Crippen molar-refractivity contribution in [2.75, 3.05) is 33.3 Å². The first-order valence-electron chi connectivity index (χ1n) is 17.4. The van der Waals surface area contributed by atoms with Crippen LogP contribution in [-0.4, -0.2) is 70.4 Å². The van der Waals surface area contributed by atoms with Gasteiger partial charge < -0.3 is 25.6 Å². The summed E-state index contributed by atoms with van der Waals surface area (Å²) in [5.41, 5.74) is 6.25. The Hall–Kier alpha value is -4.81. The van der Waals surface area contributed by atoms with Gasteiger partial charge in [0.1, 0.15) is 5.65 Å². The molecule has 268 valence electrons. The standard InChI is InChI=1S/C39H39Cl2N7O4/c1-52-38-25(20-43-23-27-11-13-34(49)45-27)10-12-32(46-38)31-8-3-7-30(37(31)41)29-6-2-5-28(36(29)40)24-14-17-48-33(19-24)44-22-26(39(48)51)21-42-15-18-47-16-4-9-35(47)50/h2-3,5-8,10,12,14,17,19,22,27,42-43H,4,9,11,13,15-16,18,20-21,23H2,1H3,(H,45,49). The molecule has 2 amide bonds. The molecule has 2 aliphatic heterocycles. The largest absolute Gasteiger partial charge is 0.481 e. The maximum Gasteiger partial charge on any atom is 0.262 e. The lowest BCUT2D eigenvalue weighted by atomic mass is 9.97. The Morgan fingerprint density at radius 2 is 1.65 bits per heavy atom. The molecular formula is C39H39Cl2N7O4. The van der Waals surface area contributed by atoms with Crippen LogP contribution in [0.2, 0.25) is 10.0 Å². The van der Waals surface area contributed by atoms with Crippen LogP contribution in [-0.2, 0) is 22.7 Å². The first-order valence-corrected chi connectivity index (χ1v) is 18.2. The van der Waals surface area contributed by atoms with E-state index in [1.807, 2.05) is 65.6 Å². The van der Waals surface area contributed by atoms with Crippen LogP contribution in [0.15, 0.2) is 77.9 Å². The van der Waals surface area contributed by atoms with Gasteiger partial charge in [-0.3, -0.25) is 18.8 Å². The molecule has 2 fully saturated rings. The quantitative estimate of drug-likeness (QED) is 0.135. The van der Waals surface area contributed by atoms with E-state index in [9.17, 15) is 14.4 Å². The number of ether oxygens (including phenoxy) is 1. The average Bonchev–Trinajstić information content (AvgIpc) is 3.77. The van der Waals surface area contributed by atoms with Crippen molar-refractivity contribution in [1.29, 1.82) is 0 Å². The Labute approximate surface area is 311 Å². The predicted octanol–water partition coefficient (Wildman–Crippen LogP) is 5.49. The Morgan fingerprint density at radius 3 is 2.38 bits per heavy atom. The van der Waals surface area contributed by atoms with E-state index in [1.165, 1.54) is 4.40 Å². The van der Waals surface area contributed by atoms with Gasteiger partial charge in [-0.15, -0.1) is 0 Å². The van der Waals surface area contributed by atoms with Crippen LogP contribution in [0, 0.1) is 0 Å². The van der Waals surface area contributed by atoms with Crippen LogP contribution >= 0.6 is 23.2 Å². The van der Waals surface area contributed by atoms with Gasteiger partial charge in [-0.1, -0.05) is 65.7 Å². The van der Waals surface area contributed by atoms with E-state index in [1.54, 1.807) is 19.5 Å². The molecule has 3 N–H and O–H groups in total. The second kappa shape index (κ2) is 15.8. The molecule has 0 aliphatic carbocycles.